The largest absolute Gasteiger partial charge is 0.481 e. The van der Waals surface area contributed by atoms with Gasteiger partial charge in [-0.15, -0.1) is 0 Å². The van der Waals surface area contributed by atoms with Crippen molar-refractivity contribution in [1.82, 2.24) is 0 Å². The average molecular weight is 360 g/mol. The summed E-state index contributed by atoms with van der Waals surface area (Å²) in [6.07, 6.45) is 7.78. The van der Waals surface area contributed by atoms with Crippen molar-refractivity contribution in [3.63, 3.8) is 0 Å². The molecule has 0 bridgehead atoms. The molecule has 0 aromatic carbocycles. The van der Waals surface area contributed by atoms with Crippen LogP contribution in [-0.4, -0.2) is 68.3 Å². The molecule has 0 saturated heterocycles. The van der Waals surface area contributed by atoms with Crippen molar-refractivity contribution in [1.29, 1.82) is 0 Å². The van der Waals surface area contributed by atoms with Crippen molar-refractivity contribution in [2.24, 2.45) is 5.92 Å². The van der Waals surface area contributed by atoms with Crippen LogP contribution >= 0.6 is 0 Å². The Labute approximate surface area is 155 Å². The van der Waals surface area contributed by atoms with E-state index < -0.39 is 33.7 Å². The monoisotopic (exact) mass is 360 g/mol. The summed E-state index contributed by atoms with van der Waals surface area (Å²) < 4.78 is 29.5. The summed E-state index contributed by atoms with van der Waals surface area (Å²) in [7, 11) is -4.84. The van der Waals surface area contributed by atoms with Gasteiger partial charge < -0.3 is 10.2 Å². The molecule has 1 rings (SSSR count). The van der Waals surface area contributed by atoms with Gasteiger partial charge >= 0.3 is 101 Å². The fourth-order valence-corrected chi connectivity index (χ4v) is 4.77. The third kappa shape index (κ3) is 7.98. The van der Waals surface area contributed by atoms with E-state index in [1.54, 1.807) is 0 Å². The van der Waals surface area contributed by atoms with Crippen molar-refractivity contribution in [3.8, 4) is 0 Å². The van der Waals surface area contributed by atoms with Crippen molar-refractivity contribution in [2.45, 2.75) is 66.7 Å². The fourth-order valence-electron chi connectivity index (χ4n) is 3.11. The molecule has 7 nitrogen and oxygen atoms in total. The molecular weight excluding hydrogens is 335 g/mol. The standard InChI is InChI=1S/C10H19.C4H6O7S.Na/c1-3-9-7-5-6-8-10(9)4-2;5-3(6)1-2(4(7)8)12(9,10)11;/h9H,3-8H2,1-2H3;2H,1H2,(H,5,6)(H,7,8)(H,9,10,11);. The zero-order valence-corrected chi connectivity index (χ0v) is 16.8. The van der Waals surface area contributed by atoms with E-state index in [9.17, 15) is 18.0 Å². The van der Waals surface area contributed by atoms with Crippen LogP contribution < -0.4 is 0 Å². The molecule has 3 N–H and O–H groups in total. The second kappa shape index (κ2) is 9.98. The molecule has 1 aliphatic rings. The van der Waals surface area contributed by atoms with E-state index in [2.05, 4.69) is 13.8 Å². The molecule has 130 valence electrons. The molecule has 0 radical (unpaired) electrons. The second-order valence-corrected chi connectivity index (χ2v) is 9.89. The van der Waals surface area contributed by atoms with Crippen LogP contribution in [0, 0.1) is 5.92 Å². The Balaban J connectivity index is 0.000000422. The minimum atomic E-state index is -4.84. The van der Waals surface area contributed by atoms with E-state index in [4.69, 9.17) is 14.8 Å². The van der Waals surface area contributed by atoms with Crippen LogP contribution in [0.3, 0.4) is 0 Å². The van der Waals surface area contributed by atoms with Crippen LogP contribution in [0.25, 0.3) is 0 Å². The number of hydrogen-bond donors (Lipinski definition) is 3. The fraction of sp³-hybridized carbons (Fsp3) is 0.857. The molecule has 1 aliphatic carbocycles. The molecule has 3 atom stereocenters. The minimum absolute atomic E-state index is 0.826. The summed E-state index contributed by atoms with van der Waals surface area (Å²) in [6.45, 7) is 4.76. The maximum atomic E-state index is 10.2. The summed E-state index contributed by atoms with van der Waals surface area (Å²) in [5.74, 6) is -2.42. The van der Waals surface area contributed by atoms with Crippen LogP contribution in [0.4, 0.5) is 0 Å². The van der Waals surface area contributed by atoms with Gasteiger partial charge in [0.15, 0.2) is 5.25 Å². The summed E-state index contributed by atoms with van der Waals surface area (Å²) >= 11 is 1.42. The first kappa shape index (κ1) is 22.9. The number of carboxylic acids is 2. The van der Waals surface area contributed by atoms with Gasteiger partial charge in [0.05, 0.1) is 6.42 Å². The van der Waals surface area contributed by atoms with Gasteiger partial charge in [-0.2, -0.15) is 8.42 Å². The Morgan fingerprint density at radius 2 is 1.83 bits per heavy atom. The minimum Gasteiger partial charge on any atom is -0.481 e. The van der Waals surface area contributed by atoms with Gasteiger partial charge in [0.1, 0.15) is 0 Å². The second-order valence-electron chi connectivity index (χ2n) is 6.30. The molecular formula is C14H25NaO7S. The zero-order valence-electron chi connectivity index (χ0n) is 14.0. The molecule has 1 fully saturated rings. The summed E-state index contributed by atoms with van der Waals surface area (Å²) in [4.78, 5) is 20.0. The van der Waals surface area contributed by atoms with Gasteiger partial charge in [-0.1, -0.05) is 0 Å². The smallest absolute Gasteiger partial charge is 0.325 e. The van der Waals surface area contributed by atoms with E-state index in [0.717, 1.165) is 8.58 Å². The van der Waals surface area contributed by atoms with E-state index in [1.165, 1.54) is 66.5 Å². The van der Waals surface area contributed by atoms with Gasteiger partial charge in [-0.3, -0.25) is 14.1 Å². The Morgan fingerprint density at radius 3 is 2.09 bits per heavy atom. The molecule has 0 spiro atoms. The number of aliphatic carboxylic acids is 2. The van der Waals surface area contributed by atoms with Gasteiger partial charge in [0.2, 0.25) is 0 Å². The number of carbonyl (C=O) groups is 2. The maximum absolute atomic E-state index is 10.2. The first-order valence-corrected chi connectivity index (χ1v) is 10.4. The maximum Gasteiger partial charge on any atom is 0.325 e. The van der Waals surface area contributed by atoms with Gasteiger partial charge in [0, 0.05) is 0 Å². The van der Waals surface area contributed by atoms with Crippen molar-refractivity contribution >= 4 is 50.0 Å². The van der Waals surface area contributed by atoms with Crippen LogP contribution in [-0.2, 0) is 19.7 Å². The van der Waals surface area contributed by atoms with E-state index in [0.29, 0.717) is 0 Å². The number of rotatable bonds is 6. The van der Waals surface area contributed by atoms with Crippen molar-refractivity contribution in [2.75, 3.05) is 0 Å². The third-order valence-corrected chi connectivity index (χ3v) is 7.94. The Morgan fingerprint density at radius 1 is 1.26 bits per heavy atom. The van der Waals surface area contributed by atoms with Crippen LogP contribution in [0.15, 0.2) is 0 Å². The third-order valence-electron chi connectivity index (χ3n) is 4.83. The quantitative estimate of drug-likeness (QED) is 0.489. The Bertz CT molecular complexity index is 505. The van der Waals surface area contributed by atoms with Gasteiger partial charge in [-0.25, -0.2) is 0 Å². The van der Waals surface area contributed by atoms with Gasteiger partial charge in [-0.05, 0) is 0 Å². The zero-order chi connectivity index (χ0) is 18.3. The topological polar surface area (TPSA) is 129 Å². The van der Waals surface area contributed by atoms with E-state index in [1.807, 2.05) is 0 Å². The average Bonchev–Trinajstić information content (AvgIpc) is 2.44. The van der Waals surface area contributed by atoms with E-state index >= 15 is 0 Å². The molecule has 23 heavy (non-hydrogen) atoms. The SMILES string of the molecule is CCC1CCCC[C]1([Na])CC.O=C(O)CC(C(=O)O)S(=O)(=O)O. The molecule has 0 aromatic rings. The number of carboxylic acid groups (broad SMARTS) is 2. The van der Waals surface area contributed by atoms with Crippen LogP contribution in [0.2, 0.25) is 2.66 Å². The normalized spacial score (nSPS) is 25.9. The predicted molar refractivity (Wildman–Crippen MR) is 86.2 cm³/mol. The first-order chi connectivity index (χ1) is 10.5. The molecule has 0 aromatic heterocycles. The molecule has 9 heteroatoms. The van der Waals surface area contributed by atoms with Crippen molar-refractivity contribution < 1.29 is 32.8 Å². The Hall–Kier alpha value is -0.150. The van der Waals surface area contributed by atoms with Crippen molar-refractivity contribution in [3.05, 3.63) is 0 Å². The Kier molecular flexibility index (Phi) is 9.92. The molecule has 3 unspecified atom stereocenters. The summed E-state index contributed by atoms with van der Waals surface area (Å²) in [6, 6.07) is 0. The molecule has 1 saturated carbocycles. The molecule has 0 aliphatic heterocycles. The number of hydrogen-bond acceptors (Lipinski definition) is 4. The molecule has 0 heterocycles. The summed E-state index contributed by atoms with van der Waals surface area (Å²) in [5.41, 5.74) is 0. The van der Waals surface area contributed by atoms with Crippen LogP contribution in [0.1, 0.15) is 58.8 Å². The summed E-state index contributed by atoms with van der Waals surface area (Å²) in [5, 5.41) is 13.9. The van der Waals surface area contributed by atoms with E-state index in [-0.39, 0.29) is 0 Å². The molecule has 0 amide bonds. The predicted octanol–water partition coefficient (Wildman–Crippen LogP) is 2.13. The first-order valence-electron chi connectivity index (χ1n) is 7.88. The van der Waals surface area contributed by atoms with Crippen LogP contribution in [0.5, 0.6) is 0 Å². The van der Waals surface area contributed by atoms with Gasteiger partial charge in [0.25, 0.3) is 10.1 Å².